The number of aromatic amines is 1. The Morgan fingerprint density at radius 3 is 2.65 bits per heavy atom. The zero-order valence-electron chi connectivity index (χ0n) is 17.6. The van der Waals surface area contributed by atoms with Crippen molar-refractivity contribution in [3.63, 3.8) is 0 Å². The molecule has 1 amide bonds. The Morgan fingerprint density at radius 2 is 1.87 bits per heavy atom. The largest absolute Gasteiger partial charge is 0.361 e. The number of carbonyl (C=O) groups excluding carboxylic acids is 1. The maximum atomic E-state index is 13.2. The smallest absolute Gasteiger partial charge is 0.253 e. The van der Waals surface area contributed by atoms with Crippen LogP contribution < -0.4 is 4.90 Å². The summed E-state index contributed by atoms with van der Waals surface area (Å²) in [5.41, 5.74) is 4.00. The van der Waals surface area contributed by atoms with Gasteiger partial charge in [-0.2, -0.15) is 0 Å². The summed E-state index contributed by atoms with van der Waals surface area (Å²) in [6.07, 6.45) is 4.44. The first-order valence-corrected chi connectivity index (χ1v) is 10.7. The molecule has 1 N–H and O–H groups in total. The second kappa shape index (κ2) is 8.22. The third-order valence-electron chi connectivity index (χ3n) is 5.98. The van der Waals surface area contributed by atoms with Crippen molar-refractivity contribution < 1.29 is 4.79 Å². The first-order chi connectivity index (χ1) is 15.2. The van der Waals surface area contributed by atoms with E-state index < -0.39 is 0 Å². The predicted molar refractivity (Wildman–Crippen MR) is 123 cm³/mol. The lowest BCUT2D eigenvalue weighted by Gasteiger charge is -2.35. The van der Waals surface area contributed by atoms with Gasteiger partial charge in [-0.3, -0.25) is 4.79 Å². The van der Waals surface area contributed by atoms with Crippen molar-refractivity contribution in [2.24, 2.45) is 0 Å². The van der Waals surface area contributed by atoms with Gasteiger partial charge in [-0.25, -0.2) is 9.97 Å². The van der Waals surface area contributed by atoms with Crippen LogP contribution in [-0.2, 0) is 6.42 Å². The molecule has 0 spiro atoms. The van der Waals surface area contributed by atoms with Gasteiger partial charge in [0.2, 0.25) is 0 Å². The number of amides is 1. The second-order valence-electron chi connectivity index (χ2n) is 7.83. The van der Waals surface area contributed by atoms with E-state index in [0.29, 0.717) is 13.1 Å². The van der Waals surface area contributed by atoms with E-state index in [4.69, 9.17) is 0 Å². The molecule has 1 aliphatic heterocycles. The van der Waals surface area contributed by atoms with Gasteiger partial charge >= 0.3 is 0 Å². The lowest BCUT2D eigenvalue weighted by molar-refractivity contribution is 0.0746. The van der Waals surface area contributed by atoms with Crippen molar-refractivity contribution in [1.29, 1.82) is 0 Å². The van der Waals surface area contributed by atoms with Crippen molar-refractivity contribution in [3.8, 4) is 11.3 Å². The number of hydrogen-bond donors (Lipinski definition) is 1. The summed E-state index contributed by atoms with van der Waals surface area (Å²) in [7, 11) is 0. The average Bonchev–Trinajstić information content (AvgIpc) is 3.38. The van der Waals surface area contributed by atoms with Crippen LogP contribution in [0.1, 0.15) is 23.0 Å². The number of aryl methyl sites for hydroxylation is 1. The lowest BCUT2D eigenvalue weighted by Crippen LogP contribution is -2.49. The molecule has 0 atom stereocenters. The highest BCUT2D eigenvalue weighted by Crippen LogP contribution is 2.28. The van der Waals surface area contributed by atoms with Crippen LogP contribution in [0.5, 0.6) is 0 Å². The second-order valence-corrected chi connectivity index (χ2v) is 7.83. The zero-order chi connectivity index (χ0) is 21.2. The molecular weight excluding hydrogens is 386 g/mol. The number of aromatic nitrogens is 3. The molecular formula is C25H25N5O. The summed E-state index contributed by atoms with van der Waals surface area (Å²) in [6, 6.07) is 18.3. The fraction of sp³-hybridized carbons (Fsp3) is 0.240. The molecule has 2 aromatic heterocycles. The van der Waals surface area contributed by atoms with E-state index >= 15 is 0 Å². The zero-order valence-corrected chi connectivity index (χ0v) is 17.6. The summed E-state index contributed by atoms with van der Waals surface area (Å²) >= 11 is 0. The standard InChI is InChI=1S/C25H25N5O/c1-2-20-16-24(28-17-27-20)29-11-13-30(14-12-29)25(31)19-8-9-21-18(15-19)5-3-6-22(21)23-7-4-10-26-23/h3-10,15-17,26H,2,11-14H2,1H3. The van der Waals surface area contributed by atoms with Gasteiger partial charge in [0.1, 0.15) is 12.1 Å². The third-order valence-corrected chi connectivity index (χ3v) is 5.98. The van der Waals surface area contributed by atoms with Gasteiger partial charge in [0.05, 0.1) is 0 Å². The van der Waals surface area contributed by atoms with Gasteiger partial charge in [-0.15, -0.1) is 0 Å². The van der Waals surface area contributed by atoms with E-state index in [0.717, 1.165) is 58.6 Å². The van der Waals surface area contributed by atoms with Crippen molar-refractivity contribution in [2.45, 2.75) is 13.3 Å². The van der Waals surface area contributed by atoms with Crippen LogP contribution in [0.4, 0.5) is 5.82 Å². The average molecular weight is 412 g/mol. The summed E-state index contributed by atoms with van der Waals surface area (Å²) in [5.74, 6) is 1.03. The van der Waals surface area contributed by atoms with Crippen molar-refractivity contribution in [1.82, 2.24) is 19.9 Å². The van der Waals surface area contributed by atoms with Crippen LogP contribution in [-0.4, -0.2) is 51.9 Å². The van der Waals surface area contributed by atoms with Crippen molar-refractivity contribution in [3.05, 3.63) is 78.4 Å². The Kier molecular flexibility index (Phi) is 5.12. The minimum Gasteiger partial charge on any atom is -0.361 e. The van der Waals surface area contributed by atoms with Crippen LogP contribution in [0.15, 0.2) is 67.1 Å². The molecule has 6 nitrogen and oxygen atoms in total. The Bertz CT molecular complexity index is 1210. The molecule has 1 saturated heterocycles. The molecule has 0 radical (unpaired) electrons. The van der Waals surface area contributed by atoms with Crippen LogP contribution in [0.25, 0.3) is 22.0 Å². The van der Waals surface area contributed by atoms with Gasteiger partial charge in [-0.05, 0) is 41.5 Å². The molecule has 0 bridgehead atoms. The molecule has 0 unspecified atom stereocenters. The number of nitrogens with zero attached hydrogens (tertiary/aromatic N) is 4. The fourth-order valence-corrected chi connectivity index (χ4v) is 4.22. The fourth-order valence-electron chi connectivity index (χ4n) is 4.22. The van der Waals surface area contributed by atoms with E-state index in [2.05, 4.69) is 51.0 Å². The minimum atomic E-state index is 0.0868. The lowest BCUT2D eigenvalue weighted by atomic mass is 9.99. The first-order valence-electron chi connectivity index (χ1n) is 10.7. The number of fused-ring (bicyclic) bond motifs is 1. The van der Waals surface area contributed by atoms with E-state index in [9.17, 15) is 4.79 Å². The highest BCUT2D eigenvalue weighted by Gasteiger charge is 2.23. The Hall–Kier alpha value is -3.67. The highest BCUT2D eigenvalue weighted by atomic mass is 16.2. The summed E-state index contributed by atoms with van der Waals surface area (Å²) < 4.78 is 0. The molecule has 0 saturated carbocycles. The van der Waals surface area contributed by atoms with Crippen LogP contribution in [0, 0.1) is 0 Å². The number of H-pyrrole nitrogens is 1. The summed E-state index contributed by atoms with van der Waals surface area (Å²) in [5, 5.41) is 2.21. The molecule has 3 heterocycles. The number of rotatable bonds is 4. The van der Waals surface area contributed by atoms with E-state index in [1.165, 1.54) is 0 Å². The minimum absolute atomic E-state index is 0.0868. The third kappa shape index (κ3) is 3.77. The van der Waals surface area contributed by atoms with Gasteiger partial charge in [0.15, 0.2) is 0 Å². The van der Waals surface area contributed by atoms with Crippen LogP contribution >= 0.6 is 0 Å². The van der Waals surface area contributed by atoms with Gasteiger partial charge in [-0.1, -0.05) is 31.2 Å². The molecule has 0 aliphatic carbocycles. The number of benzene rings is 2. The summed E-state index contributed by atoms with van der Waals surface area (Å²) in [6.45, 7) is 5.01. The Balaban J connectivity index is 1.33. The number of nitrogens with one attached hydrogen (secondary N) is 1. The molecule has 5 rings (SSSR count). The Labute approximate surface area is 181 Å². The molecule has 1 fully saturated rings. The highest BCUT2D eigenvalue weighted by molar-refractivity contribution is 6.02. The number of hydrogen-bond acceptors (Lipinski definition) is 4. The van der Waals surface area contributed by atoms with E-state index in [1.807, 2.05) is 41.4 Å². The maximum absolute atomic E-state index is 13.2. The number of piperazine rings is 1. The van der Waals surface area contributed by atoms with Crippen LogP contribution in [0.3, 0.4) is 0 Å². The van der Waals surface area contributed by atoms with E-state index in [1.54, 1.807) is 6.33 Å². The Morgan fingerprint density at radius 1 is 1.00 bits per heavy atom. The normalized spacial score (nSPS) is 14.2. The number of anilines is 1. The summed E-state index contributed by atoms with van der Waals surface area (Å²) in [4.78, 5) is 29.3. The molecule has 6 heteroatoms. The van der Waals surface area contributed by atoms with Crippen LogP contribution in [0.2, 0.25) is 0 Å². The topological polar surface area (TPSA) is 65.1 Å². The van der Waals surface area contributed by atoms with E-state index in [-0.39, 0.29) is 5.91 Å². The SMILES string of the molecule is CCc1cc(N2CCN(C(=O)c3ccc4c(-c5ccc[nH]5)cccc4c3)CC2)ncn1. The quantitative estimate of drug-likeness (QED) is 0.548. The van der Waals surface area contributed by atoms with Gasteiger partial charge < -0.3 is 14.8 Å². The van der Waals surface area contributed by atoms with Crippen molar-refractivity contribution in [2.75, 3.05) is 31.1 Å². The molecule has 1 aliphatic rings. The first kappa shape index (κ1) is 19.3. The maximum Gasteiger partial charge on any atom is 0.253 e. The van der Waals surface area contributed by atoms with Crippen molar-refractivity contribution >= 4 is 22.5 Å². The molecule has 4 aromatic rings. The molecule has 2 aromatic carbocycles. The molecule has 156 valence electrons. The predicted octanol–water partition coefficient (Wildman–Crippen LogP) is 4.15. The molecule has 31 heavy (non-hydrogen) atoms. The monoisotopic (exact) mass is 411 g/mol. The van der Waals surface area contributed by atoms with Gasteiger partial charge in [0, 0.05) is 61.0 Å². The van der Waals surface area contributed by atoms with Gasteiger partial charge in [0.25, 0.3) is 5.91 Å². The number of carbonyl (C=O) groups is 1.